The van der Waals surface area contributed by atoms with Crippen molar-refractivity contribution in [3.8, 4) is 0 Å². The van der Waals surface area contributed by atoms with Gasteiger partial charge in [-0.2, -0.15) is 0 Å². The number of nitrogens with zero attached hydrogens (tertiary/aromatic N) is 2. The van der Waals surface area contributed by atoms with Crippen LogP contribution in [0.5, 0.6) is 0 Å². The first-order valence-corrected chi connectivity index (χ1v) is 5.66. The van der Waals surface area contributed by atoms with Crippen LogP contribution >= 0.6 is 11.8 Å². The van der Waals surface area contributed by atoms with Crippen LogP contribution in [0.25, 0.3) is 0 Å². The highest BCUT2D eigenvalue weighted by Gasteiger charge is 2.04. The van der Waals surface area contributed by atoms with Crippen molar-refractivity contribution in [1.82, 2.24) is 9.97 Å². The number of rotatable bonds is 4. The van der Waals surface area contributed by atoms with Crippen molar-refractivity contribution in [3.05, 3.63) is 17.5 Å². The van der Waals surface area contributed by atoms with Crippen LogP contribution in [0.1, 0.15) is 18.3 Å². The molecular weight excluding hydrogens is 196 g/mol. The van der Waals surface area contributed by atoms with Gasteiger partial charge in [-0.1, -0.05) is 18.7 Å². The highest BCUT2D eigenvalue weighted by molar-refractivity contribution is 7.99. The molecule has 1 unspecified atom stereocenters. The number of hydrogen-bond donors (Lipinski definition) is 1. The van der Waals surface area contributed by atoms with Gasteiger partial charge in [-0.25, -0.2) is 9.97 Å². The lowest BCUT2D eigenvalue weighted by molar-refractivity contribution is 0.250. The Kier molecular flexibility index (Phi) is 4.35. The second-order valence-corrected chi connectivity index (χ2v) is 4.52. The molecule has 0 amide bonds. The third kappa shape index (κ3) is 3.64. The number of hydrogen-bond acceptors (Lipinski definition) is 4. The van der Waals surface area contributed by atoms with Crippen molar-refractivity contribution in [2.24, 2.45) is 5.92 Å². The van der Waals surface area contributed by atoms with Crippen molar-refractivity contribution < 1.29 is 5.11 Å². The van der Waals surface area contributed by atoms with Crippen LogP contribution in [0, 0.1) is 19.8 Å². The van der Waals surface area contributed by atoms with E-state index in [9.17, 15) is 0 Å². The molecule has 78 valence electrons. The van der Waals surface area contributed by atoms with Gasteiger partial charge in [-0.15, -0.1) is 0 Å². The smallest absolute Gasteiger partial charge is 0.187 e. The molecule has 1 N–H and O–H groups in total. The average molecular weight is 212 g/mol. The summed E-state index contributed by atoms with van der Waals surface area (Å²) in [5.41, 5.74) is 1.99. The molecule has 0 aromatic carbocycles. The van der Waals surface area contributed by atoms with E-state index in [1.807, 2.05) is 26.8 Å². The standard InChI is InChI=1S/C10H16N2OS/c1-7(5-13)6-14-10-11-8(2)4-9(3)12-10/h4,7,13H,5-6H2,1-3H3. The third-order valence-electron chi connectivity index (χ3n) is 1.77. The fourth-order valence-corrected chi connectivity index (χ4v) is 1.98. The minimum atomic E-state index is 0.220. The molecule has 0 saturated carbocycles. The van der Waals surface area contributed by atoms with E-state index < -0.39 is 0 Å². The zero-order valence-electron chi connectivity index (χ0n) is 8.82. The Hall–Kier alpha value is -0.610. The Bertz CT molecular complexity index is 284. The van der Waals surface area contributed by atoms with E-state index in [0.717, 1.165) is 22.3 Å². The molecule has 14 heavy (non-hydrogen) atoms. The van der Waals surface area contributed by atoms with Crippen LogP contribution in [-0.4, -0.2) is 27.4 Å². The van der Waals surface area contributed by atoms with E-state index >= 15 is 0 Å². The topological polar surface area (TPSA) is 46.0 Å². The van der Waals surface area contributed by atoms with Crippen LogP contribution < -0.4 is 0 Å². The molecule has 0 spiro atoms. The Balaban J connectivity index is 2.58. The van der Waals surface area contributed by atoms with Gasteiger partial charge >= 0.3 is 0 Å². The molecule has 0 aliphatic rings. The van der Waals surface area contributed by atoms with E-state index in [4.69, 9.17) is 5.11 Å². The minimum absolute atomic E-state index is 0.220. The SMILES string of the molecule is Cc1cc(C)nc(SCC(C)CO)n1. The van der Waals surface area contributed by atoms with E-state index in [-0.39, 0.29) is 6.61 Å². The van der Waals surface area contributed by atoms with E-state index in [0.29, 0.717) is 5.92 Å². The minimum Gasteiger partial charge on any atom is -0.396 e. The first-order valence-electron chi connectivity index (χ1n) is 4.67. The molecule has 4 heteroatoms. The molecule has 1 aromatic heterocycles. The molecule has 1 heterocycles. The highest BCUT2D eigenvalue weighted by atomic mass is 32.2. The maximum atomic E-state index is 8.87. The molecule has 3 nitrogen and oxygen atoms in total. The average Bonchev–Trinajstić information content (AvgIpc) is 2.12. The molecule has 0 aliphatic heterocycles. The van der Waals surface area contributed by atoms with Gasteiger partial charge in [0.15, 0.2) is 5.16 Å². The van der Waals surface area contributed by atoms with Gasteiger partial charge in [0.1, 0.15) is 0 Å². The molecule has 0 fully saturated rings. The summed E-state index contributed by atoms with van der Waals surface area (Å²) in [7, 11) is 0. The predicted molar refractivity (Wildman–Crippen MR) is 58.5 cm³/mol. The van der Waals surface area contributed by atoms with Crippen LogP contribution in [0.2, 0.25) is 0 Å². The molecule has 0 aliphatic carbocycles. The number of aliphatic hydroxyl groups is 1. The Morgan fingerprint density at radius 1 is 1.36 bits per heavy atom. The number of aromatic nitrogens is 2. The van der Waals surface area contributed by atoms with Gasteiger partial charge < -0.3 is 5.11 Å². The summed E-state index contributed by atoms with van der Waals surface area (Å²) in [5.74, 6) is 1.16. The van der Waals surface area contributed by atoms with Gasteiger partial charge in [0.2, 0.25) is 0 Å². The van der Waals surface area contributed by atoms with Crippen molar-refractivity contribution in [2.45, 2.75) is 25.9 Å². The van der Waals surface area contributed by atoms with Gasteiger partial charge in [-0.3, -0.25) is 0 Å². The lowest BCUT2D eigenvalue weighted by Gasteiger charge is -2.06. The summed E-state index contributed by atoms with van der Waals surface area (Å²) in [4.78, 5) is 8.62. The molecule has 1 atom stereocenters. The quantitative estimate of drug-likeness (QED) is 0.611. The summed E-state index contributed by atoms with van der Waals surface area (Å²) in [6, 6.07) is 1.96. The van der Waals surface area contributed by atoms with Crippen molar-refractivity contribution in [2.75, 3.05) is 12.4 Å². The van der Waals surface area contributed by atoms with Crippen molar-refractivity contribution >= 4 is 11.8 Å². The number of aliphatic hydroxyl groups excluding tert-OH is 1. The Morgan fingerprint density at radius 3 is 2.43 bits per heavy atom. The Labute approximate surface area is 89.0 Å². The zero-order chi connectivity index (χ0) is 10.6. The van der Waals surface area contributed by atoms with Gasteiger partial charge in [-0.05, 0) is 25.8 Å². The largest absolute Gasteiger partial charge is 0.396 e. The monoisotopic (exact) mass is 212 g/mol. The van der Waals surface area contributed by atoms with E-state index in [1.54, 1.807) is 11.8 Å². The Morgan fingerprint density at radius 2 is 1.93 bits per heavy atom. The lowest BCUT2D eigenvalue weighted by atomic mass is 10.2. The molecule has 0 radical (unpaired) electrons. The van der Waals surface area contributed by atoms with Gasteiger partial charge in [0, 0.05) is 23.7 Å². The second-order valence-electron chi connectivity index (χ2n) is 3.53. The van der Waals surface area contributed by atoms with Crippen LogP contribution in [0.3, 0.4) is 0 Å². The van der Waals surface area contributed by atoms with Crippen LogP contribution in [0.4, 0.5) is 0 Å². The fourth-order valence-electron chi connectivity index (χ4n) is 1.03. The van der Waals surface area contributed by atoms with Crippen LogP contribution in [-0.2, 0) is 0 Å². The molecular formula is C10H16N2OS. The fraction of sp³-hybridized carbons (Fsp3) is 0.600. The van der Waals surface area contributed by atoms with Gasteiger partial charge in [0.05, 0.1) is 0 Å². The van der Waals surface area contributed by atoms with Crippen molar-refractivity contribution in [1.29, 1.82) is 0 Å². The zero-order valence-corrected chi connectivity index (χ0v) is 9.64. The number of thioether (sulfide) groups is 1. The second kappa shape index (κ2) is 5.32. The molecule has 1 rings (SSSR count). The molecule has 1 aromatic rings. The predicted octanol–water partition coefficient (Wildman–Crippen LogP) is 1.81. The van der Waals surface area contributed by atoms with Gasteiger partial charge in [0.25, 0.3) is 0 Å². The molecule has 0 saturated heterocycles. The van der Waals surface area contributed by atoms with Crippen molar-refractivity contribution in [3.63, 3.8) is 0 Å². The summed E-state index contributed by atoms with van der Waals surface area (Å²) in [6.45, 7) is 6.16. The van der Waals surface area contributed by atoms with E-state index in [1.165, 1.54) is 0 Å². The summed E-state index contributed by atoms with van der Waals surface area (Å²) in [6.07, 6.45) is 0. The number of aryl methyl sites for hydroxylation is 2. The maximum Gasteiger partial charge on any atom is 0.187 e. The normalized spacial score (nSPS) is 12.9. The summed E-state index contributed by atoms with van der Waals surface area (Å²) < 4.78 is 0. The summed E-state index contributed by atoms with van der Waals surface area (Å²) in [5, 5.41) is 9.68. The molecule has 0 bridgehead atoms. The van der Waals surface area contributed by atoms with E-state index in [2.05, 4.69) is 9.97 Å². The summed E-state index contributed by atoms with van der Waals surface area (Å²) >= 11 is 1.60. The first kappa shape index (κ1) is 11.5. The third-order valence-corrected chi connectivity index (χ3v) is 2.95. The maximum absolute atomic E-state index is 8.87. The lowest BCUT2D eigenvalue weighted by Crippen LogP contribution is -2.04. The highest BCUT2D eigenvalue weighted by Crippen LogP contribution is 2.17. The van der Waals surface area contributed by atoms with Crippen LogP contribution in [0.15, 0.2) is 11.2 Å². The first-order chi connectivity index (χ1) is 6.61.